The fraction of sp³-hybridized carbons (Fsp3) is 0.824. The molecule has 1 aromatic heterocycles. The molecule has 0 spiro atoms. The standard InChI is InChI=1S/C17H30N6S/c1-3-15-21-16-6-5-14(12-23(16)22-15)20-17(18-4-2)19-11-13-7-9-24-10-8-13/h13-14H,3-12H2,1-2H3,(H2,18,19,20). The summed E-state index contributed by atoms with van der Waals surface area (Å²) >= 11 is 2.07. The maximum Gasteiger partial charge on any atom is 0.191 e. The summed E-state index contributed by atoms with van der Waals surface area (Å²) in [5.74, 6) is 6.39. The van der Waals surface area contributed by atoms with Crippen LogP contribution in [0, 0.1) is 5.92 Å². The Balaban J connectivity index is 1.56. The molecule has 7 heteroatoms. The molecule has 3 rings (SSSR count). The average molecular weight is 351 g/mol. The minimum absolute atomic E-state index is 0.378. The van der Waals surface area contributed by atoms with Crippen molar-refractivity contribution in [2.75, 3.05) is 24.6 Å². The van der Waals surface area contributed by atoms with Crippen molar-refractivity contribution in [3.05, 3.63) is 11.6 Å². The lowest BCUT2D eigenvalue weighted by Gasteiger charge is -2.26. The van der Waals surface area contributed by atoms with Gasteiger partial charge in [-0.15, -0.1) is 0 Å². The summed E-state index contributed by atoms with van der Waals surface area (Å²) < 4.78 is 2.07. The van der Waals surface area contributed by atoms with E-state index in [-0.39, 0.29) is 0 Å². The Morgan fingerprint density at radius 1 is 1.29 bits per heavy atom. The molecule has 0 bridgehead atoms. The van der Waals surface area contributed by atoms with Crippen LogP contribution in [0.15, 0.2) is 4.99 Å². The molecule has 1 fully saturated rings. The second-order valence-corrected chi connectivity index (χ2v) is 7.86. The quantitative estimate of drug-likeness (QED) is 0.627. The van der Waals surface area contributed by atoms with E-state index in [0.717, 1.165) is 62.4 Å². The summed E-state index contributed by atoms with van der Waals surface area (Å²) in [5.41, 5.74) is 0. The largest absolute Gasteiger partial charge is 0.357 e. The third-order valence-electron chi connectivity index (χ3n) is 4.75. The summed E-state index contributed by atoms with van der Waals surface area (Å²) in [4.78, 5) is 9.44. The number of hydrogen-bond acceptors (Lipinski definition) is 4. The number of hydrogen-bond donors (Lipinski definition) is 2. The van der Waals surface area contributed by atoms with Crippen molar-refractivity contribution in [3.8, 4) is 0 Å². The highest BCUT2D eigenvalue weighted by Crippen LogP contribution is 2.22. The first-order chi connectivity index (χ1) is 11.8. The molecular weight excluding hydrogens is 320 g/mol. The molecule has 6 nitrogen and oxygen atoms in total. The monoisotopic (exact) mass is 350 g/mol. The van der Waals surface area contributed by atoms with Gasteiger partial charge in [0, 0.05) is 32.0 Å². The Morgan fingerprint density at radius 2 is 2.12 bits per heavy atom. The summed E-state index contributed by atoms with van der Waals surface area (Å²) in [6.45, 7) is 6.95. The highest BCUT2D eigenvalue weighted by Gasteiger charge is 2.22. The van der Waals surface area contributed by atoms with Crippen LogP contribution in [0.1, 0.15) is 44.8 Å². The van der Waals surface area contributed by atoms with Gasteiger partial charge in [-0.1, -0.05) is 6.92 Å². The van der Waals surface area contributed by atoms with Crippen molar-refractivity contribution in [1.29, 1.82) is 0 Å². The van der Waals surface area contributed by atoms with Crippen LogP contribution in [0.4, 0.5) is 0 Å². The summed E-state index contributed by atoms with van der Waals surface area (Å²) in [6.07, 6.45) is 5.59. The van der Waals surface area contributed by atoms with Gasteiger partial charge in [-0.2, -0.15) is 16.9 Å². The maximum absolute atomic E-state index is 4.85. The van der Waals surface area contributed by atoms with Gasteiger partial charge >= 0.3 is 0 Å². The number of thioether (sulfide) groups is 1. The Bertz CT molecular complexity index is 549. The highest BCUT2D eigenvalue weighted by atomic mass is 32.2. The van der Waals surface area contributed by atoms with Crippen LogP contribution in [0.5, 0.6) is 0 Å². The topological polar surface area (TPSA) is 67.1 Å². The second kappa shape index (κ2) is 8.74. The normalized spacial score (nSPS) is 22.2. The lowest BCUT2D eigenvalue weighted by atomic mass is 10.0. The van der Waals surface area contributed by atoms with Crippen LogP contribution >= 0.6 is 11.8 Å². The van der Waals surface area contributed by atoms with E-state index < -0.39 is 0 Å². The van der Waals surface area contributed by atoms with E-state index in [1.807, 2.05) is 0 Å². The van der Waals surface area contributed by atoms with Crippen molar-refractivity contribution >= 4 is 17.7 Å². The number of rotatable bonds is 5. The van der Waals surface area contributed by atoms with Gasteiger partial charge in [0.25, 0.3) is 0 Å². The van der Waals surface area contributed by atoms with E-state index in [4.69, 9.17) is 4.99 Å². The summed E-state index contributed by atoms with van der Waals surface area (Å²) in [5, 5.41) is 11.6. The molecule has 0 aliphatic carbocycles. The second-order valence-electron chi connectivity index (χ2n) is 6.64. The van der Waals surface area contributed by atoms with Crippen LogP contribution < -0.4 is 10.6 Å². The molecule has 0 aromatic carbocycles. The van der Waals surface area contributed by atoms with Gasteiger partial charge in [-0.05, 0) is 43.6 Å². The van der Waals surface area contributed by atoms with Gasteiger partial charge < -0.3 is 10.6 Å². The SMILES string of the molecule is CCNC(=NCC1CCSCC1)NC1CCc2nc(CC)nn2C1. The third-order valence-corrected chi connectivity index (χ3v) is 5.80. The zero-order valence-electron chi connectivity index (χ0n) is 14.9. The smallest absolute Gasteiger partial charge is 0.191 e. The average Bonchev–Trinajstić information content (AvgIpc) is 3.03. The molecule has 0 saturated carbocycles. The molecule has 1 atom stereocenters. The third kappa shape index (κ3) is 4.65. The van der Waals surface area contributed by atoms with Gasteiger partial charge in [0.15, 0.2) is 11.8 Å². The molecule has 134 valence electrons. The van der Waals surface area contributed by atoms with Crippen molar-refractivity contribution in [1.82, 2.24) is 25.4 Å². The van der Waals surface area contributed by atoms with Crippen molar-refractivity contribution in [2.45, 2.75) is 58.5 Å². The highest BCUT2D eigenvalue weighted by molar-refractivity contribution is 7.99. The fourth-order valence-electron chi connectivity index (χ4n) is 3.29. The molecule has 1 saturated heterocycles. The van der Waals surface area contributed by atoms with E-state index in [1.165, 1.54) is 24.3 Å². The van der Waals surface area contributed by atoms with Crippen molar-refractivity contribution in [3.63, 3.8) is 0 Å². The molecule has 3 heterocycles. The van der Waals surface area contributed by atoms with E-state index in [1.54, 1.807) is 0 Å². The van der Waals surface area contributed by atoms with Crippen LogP contribution in [0.2, 0.25) is 0 Å². The number of guanidine groups is 1. The minimum atomic E-state index is 0.378. The molecule has 2 N–H and O–H groups in total. The predicted molar refractivity (Wildman–Crippen MR) is 101 cm³/mol. The lowest BCUT2D eigenvalue weighted by Crippen LogP contribution is -2.47. The minimum Gasteiger partial charge on any atom is -0.357 e. The molecule has 2 aliphatic heterocycles. The maximum atomic E-state index is 4.85. The van der Waals surface area contributed by atoms with E-state index in [2.05, 4.69) is 51.0 Å². The van der Waals surface area contributed by atoms with Gasteiger partial charge in [0.05, 0.1) is 6.54 Å². The summed E-state index contributed by atoms with van der Waals surface area (Å²) in [7, 11) is 0. The lowest BCUT2D eigenvalue weighted by molar-refractivity contribution is 0.391. The fourth-order valence-corrected chi connectivity index (χ4v) is 4.50. The Labute approximate surface area is 149 Å². The van der Waals surface area contributed by atoms with Crippen LogP contribution in [-0.4, -0.2) is 51.4 Å². The molecule has 0 radical (unpaired) electrons. The first-order valence-corrected chi connectivity index (χ1v) is 10.5. The number of aromatic nitrogens is 3. The molecular formula is C17H30N6S. The first kappa shape index (κ1) is 17.6. The number of aryl methyl sites for hydroxylation is 2. The molecule has 1 unspecified atom stereocenters. The molecule has 0 amide bonds. The number of nitrogens with one attached hydrogen (secondary N) is 2. The zero-order chi connectivity index (χ0) is 16.8. The van der Waals surface area contributed by atoms with E-state index in [0.29, 0.717) is 6.04 Å². The molecule has 2 aliphatic rings. The molecule has 24 heavy (non-hydrogen) atoms. The Kier molecular flexibility index (Phi) is 6.40. The zero-order valence-corrected chi connectivity index (χ0v) is 15.7. The van der Waals surface area contributed by atoms with Gasteiger partial charge in [0.1, 0.15) is 5.82 Å². The summed E-state index contributed by atoms with van der Waals surface area (Å²) in [6, 6.07) is 0.378. The van der Waals surface area contributed by atoms with Crippen LogP contribution in [0.3, 0.4) is 0 Å². The van der Waals surface area contributed by atoms with Gasteiger partial charge in [-0.3, -0.25) is 4.99 Å². The predicted octanol–water partition coefficient (Wildman–Crippen LogP) is 1.85. The van der Waals surface area contributed by atoms with Crippen molar-refractivity contribution < 1.29 is 0 Å². The number of nitrogens with zero attached hydrogens (tertiary/aromatic N) is 4. The number of aliphatic imine (C=N–C) groups is 1. The van der Waals surface area contributed by atoms with E-state index in [9.17, 15) is 0 Å². The Morgan fingerprint density at radius 3 is 2.88 bits per heavy atom. The van der Waals surface area contributed by atoms with Crippen LogP contribution in [0.25, 0.3) is 0 Å². The van der Waals surface area contributed by atoms with Crippen molar-refractivity contribution in [2.24, 2.45) is 10.9 Å². The van der Waals surface area contributed by atoms with Gasteiger partial charge in [0.2, 0.25) is 0 Å². The van der Waals surface area contributed by atoms with Crippen LogP contribution in [-0.2, 0) is 19.4 Å². The van der Waals surface area contributed by atoms with Gasteiger partial charge in [-0.25, -0.2) is 9.67 Å². The number of fused-ring (bicyclic) bond motifs is 1. The van der Waals surface area contributed by atoms with E-state index >= 15 is 0 Å². The Hall–Kier alpha value is -1.24. The molecule has 1 aromatic rings. The first-order valence-electron chi connectivity index (χ1n) is 9.33.